The maximum absolute atomic E-state index is 14.8. The topological polar surface area (TPSA) is 188 Å². The van der Waals surface area contributed by atoms with Gasteiger partial charge in [0.1, 0.15) is 29.3 Å². The maximum atomic E-state index is 14.8. The zero-order valence-electron chi connectivity index (χ0n) is 34.1. The van der Waals surface area contributed by atoms with Gasteiger partial charge in [-0.15, -0.1) is 0 Å². The second kappa shape index (κ2) is 16.0. The molecule has 2 aromatic heterocycles. The summed E-state index contributed by atoms with van der Waals surface area (Å²) in [5, 5.41) is 7.80. The van der Waals surface area contributed by atoms with Crippen LogP contribution in [-0.2, 0) is 31.5 Å². The van der Waals surface area contributed by atoms with Crippen molar-refractivity contribution < 1.29 is 41.8 Å². The first-order valence-corrected chi connectivity index (χ1v) is 21.7. The third-order valence-electron chi connectivity index (χ3n) is 12.1. The van der Waals surface area contributed by atoms with Crippen LogP contribution in [0.3, 0.4) is 0 Å². The zero-order chi connectivity index (χ0) is 41.6. The number of methoxy groups -OCH3 is 1. The lowest BCUT2D eigenvalue weighted by Gasteiger charge is -2.29. The number of rotatable bonds is 10. The number of benzene rings is 1. The van der Waals surface area contributed by atoms with Crippen LogP contribution in [0.4, 0.5) is 0 Å². The Hall–Kier alpha value is -4.99. The van der Waals surface area contributed by atoms with Crippen LogP contribution in [-0.4, -0.2) is 94.3 Å². The summed E-state index contributed by atoms with van der Waals surface area (Å²) in [6.07, 6.45) is 9.00. The third kappa shape index (κ3) is 8.30. The monoisotopic (exact) mass is 818 g/mol. The molecule has 0 spiro atoms. The van der Waals surface area contributed by atoms with Gasteiger partial charge in [-0.05, 0) is 90.3 Å². The summed E-state index contributed by atoms with van der Waals surface area (Å²) in [6, 6.07) is 4.94. The number of ketones is 1. The molecule has 4 heterocycles. The number of pyridine rings is 1. The fraction of sp³-hybridized carbons (Fsp3) is 0.571. The van der Waals surface area contributed by atoms with Gasteiger partial charge >= 0.3 is 0 Å². The van der Waals surface area contributed by atoms with E-state index in [9.17, 15) is 27.6 Å². The average Bonchev–Trinajstić information content (AvgIpc) is 3.97. The Labute approximate surface area is 339 Å². The summed E-state index contributed by atoms with van der Waals surface area (Å²) in [4.78, 5) is 63.1. The number of hydrogen-bond donors (Lipinski definition) is 2. The van der Waals surface area contributed by atoms with Crippen LogP contribution in [0.25, 0.3) is 10.9 Å². The van der Waals surface area contributed by atoms with Gasteiger partial charge in [-0.3, -0.25) is 28.6 Å². The average molecular weight is 819 g/mol. The number of allylic oxidation sites excluding steroid dienone is 2. The zero-order valence-corrected chi connectivity index (χ0v) is 34.9. The van der Waals surface area contributed by atoms with Gasteiger partial charge in [0.2, 0.25) is 27.7 Å². The molecular weight excluding hydrogens is 765 g/mol. The molecular formula is C42H54N6O9S. The Morgan fingerprint density at radius 1 is 1.07 bits per heavy atom. The highest BCUT2D eigenvalue weighted by atomic mass is 32.2. The summed E-state index contributed by atoms with van der Waals surface area (Å²) >= 11 is 0. The van der Waals surface area contributed by atoms with Gasteiger partial charge in [0.15, 0.2) is 5.78 Å². The summed E-state index contributed by atoms with van der Waals surface area (Å²) in [6.45, 7) is 7.30. The molecule has 1 saturated heterocycles. The van der Waals surface area contributed by atoms with E-state index in [2.05, 4.69) is 15.1 Å². The molecule has 16 heteroatoms. The predicted octanol–water partition coefficient (Wildman–Crippen LogP) is 4.70. The highest BCUT2D eigenvalue weighted by Crippen LogP contribution is 2.57. The molecule has 2 saturated carbocycles. The van der Waals surface area contributed by atoms with E-state index < -0.39 is 56.1 Å². The molecule has 2 N–H and O–H groups in total. The van der Waals surface area contributed by atoms with E-state index in [-0.39, 0.29) is 42.9 Å². The van der Waals surface area contributed by atoms with E-state index in [1.807, 2.05) is 45.1 Å². The molecule has 5 atom stereocenters. The van der Waals surface area contributed by atoms with E-state index in [0.717, 1.165) is 18.4 Å². The molecule has 15 nitrogen and oxygen atoms in total. The van der Waals surface area contributed by atoms with Gasteiger partial charge in [-0.2, -0.15) is 5.10 Å². The molecule has 2 aliphatic carbocycles. The lowest BCUT2D eigenvalue weighted by atomic mass is 9.91. The molecule has 0 bridgehead atoms. The number of hydrogen-bond acceptors (Lipinski definition) is 11. The van der Waals surface area contributed by atoms with Crippen LogP contribution in [0.15, 0.2) is 42.6 Å². The van der Waals surface area contributed by atoms with Gasteiger partial charge in [0, 0.05) is 43.1 Å². The molecule has 2 aliphatic heterocycles. The van der Waals surface area contributed by atoms with E-state index in [4.69, 9.17) is 19.2 Å². The number of amides is 3. The largest absolute Gasteiger partial charge is 0.496 e. The Balaban J connectivity index is 1.23. The van der Waals surface area contributed by atoms with Crippen molar-refractivity contribution in [1.29, 1.82) is 0 Å². The first-order valence-electron chi connectivity index (χ1n) is 20.2. The molecule has 312 valence electrons. The minimum Gasteiger partial charge on any atom is -0.496 e. The number of aromatic nitrogens is 3. The number of ether oxygens (including phenoxy) is 3. The molecule has 3 fully saturated rings. The lowest BCUT2D eigenvalue weighted by molar-refractivity contribution is -0.140. The van der Waals surface area contributed by atoms with Gasteiger partial charge in [0.05, 0.1) is 41.5 Å². The normalized spacial score (nSPS) is 26.5. The van der Waals surface area contributed by atoms with Crippen LogP contribution in [0.1, 0.15) is 101 Å². The number of fused-ring (bicyclic) bond motifs is 3. The third-order valence-corrected chi connectivity index (χ3v) is 14.3. The van der Waals surface area contributed by atoms with Crippen molar-refractivity contribution in [3.05, 3.63) is 53.9 Å². The molecule has 1 aromatic carbocycles. The molecule has 0 unspecified atom stereocenters. The van der Waals surface area contributed by atoms with Crippen LogP contribution in [0.2, 0.25) is 0 Å². The van der Waals surface area contributed by atoms with Crippen LogP contribution >= 0.6 is 0 Å². The van der Waals surface area contributed by atoms with Crippen LogP contribution < -0.4 is 24.2 Å². The minimum atomic E-state index is -3.97. The molecule has 3 aromatic rings. The summed E-state index contributed by atoms with van der Waals surface area (Å²) in [5.74, 6) is -0.945. The smallest absolute Gasteiger partial charge is 0.272 e. The highest BCUT2D eigenvalue weighted by molar-refractivity contribution is 7.91. The Morgan fingerprint density at radius 2 is 1.84 bits per heavy atom. The number of carbonyl (C=O) groups is 4. The van der Waals surface area contributed by atoms with Crippen LogP contribution in [0, 0.1) is 18.3 Å². The number of Topliss-reactive ketones (excluding diaryl/α,β-unsaturated/α-hetero) is 1. The van der Waals surface area contributed by atoms with Gasteiger partial charge in [-0.25, -0.2) is 13.4 Å². The van der Waals surface area contributed by atoms with Gasteiger partial charge in [0.25, 0.3) is 5.91 Å². The summed E-state index contributed by atoms with van der Waals surface area (Å²) < 4.78 is 47.6. The molecule has 0 radical (unpaired) electrons. The van der Waals surface area contributed by atoms with Gasteiger partial charge < -0.3 is 24.4 Å². The van der Waals surface area contributed by atoms with E-state index >= 15 is 0 Å². The van der Waals surface area contributed by atoms with Crippen molar-refractivity contribution >= 4 is 44.4 Å². The number of carbonyl (C=O) groups excluding carboxylic acids is 4. The maximum Gasteiger partial charge on any atom is 0.272 e. The van der Waals surface area contributed by atoms with Crippen molar-refractivity contribution in [2.24, 2.45) is 18.4 Å². The van der Waals surface area contributed by atoms with E-state index in [0.29, 0.717) is 66.8 Å². The standard InChI is InChI=1S/C42H54N6O9S/c1-25(2)56-36-21-35(29-14-15-34(55-6)26(3)37(29)44-36)57-28-20-32-33(49)23-42(40(52)46-58(53,54)41(4)17-18-41)22-27(42)12-10-8-7-9-11-13-31(39(51)48(32)24-28)43-38(50)30-16-19-47(5)45-30/h10,12,14-16,19,21,25,27-28,31-32H,7-9,11,13,17-18,20,22-24H2,1-6H3,(H,43,50)(H,46,52)/b12-10-/t27-,28-,31+,32+,42-/m1/s1. The number of nitrogens with zero attached hydrogens (tertiary/aromatic N) is 4. The summed E-state index contributed by atoms with van der Waals surface area (Å²) in [5.41, 5.74) is 0.267. The Kier molecular flexibility index (Phi) is 11.3. The van der Waals surface area contributed by atoms with E-state index in [1.165, 1.54) is 9.58 Å². The second-order valence-electron chi connectivity index (χ2n) is 16.9. The first kappa shape index (κ1) is 41.2. The molecule has 7 rings (SSSR count). The van der Waals surface area contributed by atoms with Crippen LogP contribution in [0.5, 0.6) is 17.4 Å². The van der Waals surface area contributed by atoms with E-state index in [1.54, 1.807) is 39.4 Å². The second-order valence-corrected chi connectivity index (χ2v) is 19.1. The summed E-state index contributed by atoms with van der Waals surface area (Å²) in [7, 11) is -0.687. The number of sulfonamides is 1. The Morgan fingerprint density at radius 3 is 2.53 bits per heavy atom. The molecule has 58 heavy (non-hydrogen) atoms. The SMILES string of the molecule is COc1ccc2c(O[C@@H]3C[C@H]4C(=O)C[C@]5(C(=O)NS(=O)(=O)C6(C)CC6)C[C@H]5/C=C\CCCCC[C@H](NC(=O)c5ccn(C)n5)C(=O)N4C3)cc(OC(C)C)nc2c1C. The molecule has 3 amide bonds. The predicted molar refractivity (Wildman–Crippen MR) is 215 cm³/mol. The van der Waals surface area contributed by atoms with Crippen molar-refractivity contribution in [2.75, 3.05) is 13.7 Å². The lowest BCUT2D eigenvalue weighted by Crippen LogP contribution is -2.52. The number of aryl methyl sites for hydroxylation is 2. The Bertz CT molecular complexity index is 2250. The fourth-order valence-corrected chi connectivity index (χ4v) is 9.55. The highest BCUT2D eigenvalue weighted by Gasteiger charge is 2.62. The van der Waals surface area contributed by atoms with Crippen molar-refractivity contribution in [2.45, 2.75) is 121 Å². The minimum absolute atomic E-state index is 0.0137. The fourth-order valence-electron chi connectivity index (χ4n) is 8.21. The quantitative estimate of drug-likeness (QED) is 0.270. The van der Waals surface area contributed by atoms with Crippen molar-refractivity contribution in [1.82, 2.24) is 29.7 Å². The first-order chi connectivity index (χ1) is 27.5. The van der Waals surface area contributed by atoms with Crippen molar-refractivity contribution in [3.8, 4) is 17.4 Å². The van der Waals surface area contributed by atoms with Crippen molar-refractivity contribution in [3.63, 3.8) is 0 Å². The molecule has 4 aliphatic rings. The number of nitrogens with one attached hydrogen (secondary N) is 2. The van der Waals surface area contributed by atoms with Gasteiger partial charge in [-0.1, -0.05) is 25.0 Å².